The first-order valence-electron chi connectivity index (χ1n) is 6.07. The Morgan fingerprint density at radius 1 is 1.28 bits per heavy atom. The van der Waals surface area contributed by atoms with Crippen LogP contribution in [0.15, 0.2) is 28.9 Å². The highest BCUT2D eigenvalue weighted by Crippen LogP contribution is 2.27. The SMILES string of the molecule is Cc1cn(-c2cccc(C)c2Br)c(NC(C)C)n1. The highest BCUT2D eigenvalue weighted by atomic mass is 79.9. The van der Waals surface area contributed by atoms with Crippen molar-refractivity contribution in [3.05, 3.63) is 40.1 Å². The minimum Gasteiger partial charge on any atom is -0.353 e. The molecule has 0 amide bonds. The average molecular weight is 308 g/mol. The summed E-state index contributed by atoms with van der Waals surface area (Å²) < 4.78 is 3.20. The van der Waals surface area contributed by atoms with Crippen LogP contribution in [-0.2, 0) is 0 Å². The van der Waals surface area contributed by atoms with Gasteiger partial charge in [-0.1, -0.05) is 12.1 Å². The largest absolute Gasteiger partial charge is 0.353 e. The number of nitrogens with one attached hydrogen (secondary N) is 1. The van der Waals surface area contributed by atoms with E-state index in [-0.39, 0.29) is 0 Å². The predicted octanol–water partition coefficient (Wildman–Crippen LogP) is 4.07. The number of anilines is 1. The van der Waals surface area contributed by atoms with Gasteiger partial charge >= 0.3 is 0 Å². The van der Waals surface area contributed by atoms with E-state index >= 15 is 0 Å². The fourth-order valence-corrected chi connectivity index (χ4v) is 2.31. The lowest BCUT2D eigenvalue weighted by molar-refractivity contribution is 0.863. The first-order valence-corrected chi connectivity index (χ1v) is 6.86. The van der Waals surface area contributed by atoms with E-state index in [1.807, 2.05) is 13.1 Å². The van der Waals surface area contributed by atoms with Crippen molar-refractivity contribution in [3.8, 4) is 5.69 Å². The second-order valence-electron chi connectivity index (χ2n) is 4.78. The van der Waals surface area contributed by atoms with Gasteiger partial charge in [-0.25, -0.2) is 4.98 Å². The van der Waals surface area contributed by atoms with Crippen LogP contribution in [-0.4, -0.2) is 15.6 Å². The summed E-state index contributed by atoms with van der Waals surface area (Å²) in [6.07, 6.45) is 2.05. The van der Waals surface area contributed by atoms with Crippen LogP contribution in [0.4, 0.5) is 5.95 Å². The van der Waals surface area contributed by atoms with E-state index in [9.17, 15) is 0 Å². The molecular formula is C14H18BrN3. The van der Waals surface area contributed by atoms with Gasteiger partial charge in [0.25, 0.3) is 0 Å². The molecule has 0 aliphatic carbocycles. The molecule has 0 atom stereocenters. The third-order valence-electron chi connectivity index (χ3n) is 2.68. The number of benzene rings is 1. The van der Waals surface area contributed by atoms with Gasteiger partial charge in [0, 0.05) is 16.7 Å². The Hall–Kier alpha value is -1.29. The maximum absolute atomic E-state index is 4.53. The number of hydrogen-bond acceptors (Lipinski definition) is 2. The summed E-state index contributed by atoms with van der Waals surface area (Å²) in [6, 6.07) is 6.59. The van der Waals surface area contributed by atoms with Gasteiger partial charge in [0.05, 0.1) is 11.4 Å². The maximum Gasteiger partial charge on any atom is 0.207 e. The van der Waals surface area contributed by atoms with E-state index < -0.39 is 0 Å². The normalized spacial score (nSPS) is 11.0. The van der Waals surface area contributed by atoms with Crippen molar-refractivity contribution in [2.24, 2.45) is 0 Å². The van der Waals surface area contributed by atoms with Crippen molar-refractivity contribution in [3.63, 3.8) is 0 Å². The lowest BCUT2D eigenvalue weighted by Crippen LogP contribution is -2.14. The van der Waals surface area contributed by atoms with Gasteiger partial charge in [0.15, 0.2) is 0 Å². The summed E-state index contributed by atoms with van der Waals surface area (Å²) in [4.78, 5) is 4.53. The number of rotatable bonds is 3. The summed E-state index contributed by atoms with van der Waals surface area (Å²) in [5, 5.41) is 3.37. The molecule has 1 N–H and O–H groups in total. The lowest BCUT2D eigenvalue weighted by Gasteiger charge is -2.14. The van der Waals surface area contributed by atoms with Crippen LogP contribution in [0.25, 0.3) is 5.69 Å². The molecule has 2 rings (SSSR count). The molecule has 0 aliphatic rings. The molecule has 4 heteroatoms. The summed E-state index contributed by atoms with van der Waals surface area (Å²) in [6.45, 7) is 8.32. The first kappa shape index (κ1) is 13.1. The summed E-state index contributed by atoms with van der Waals surface area (Å²) in [5.74, 6) is 0.883. The zero-order valence-electron chi connectivity index (χ0n) is 11.2. The molecule has 0 saturated carbocycles. The first-order chi connectivity index (χ1) is 8.49. The van der Waals surface area contributed by atoms with Crippen LogP contribution >= 0.6 is 15.9 Å². The predicted molar refractivity (Wildman–Crippen MR) is 79.5 cm³/mol. The molecule has 0 radical (unpaired) electrons. The van der Waals surface area contributed by atoms with Gasteiger partial charge in [0.1, 0.15) is 0 Å². The average Bonchev–Trinajstić information content (AvgIpc) is 2.62. The summed E-state index contributed by atoms with van der Waals surface area (Å²) >= 11 is 3.65. The van der Waals surface area contributed by atoms with Gasteiger partial charge in [-0.05, 0) is 55.3 Å². The number of aryl methyl sites for hydroxylation is 2. The smallest absolute Gasteiger partial charge is 0.207 e. The van der Waals surface area contributed by atoms with Crippen LogP contribution in [0.2, 0.25) is 0 Å². The molecule has 0 spiro atoms. The third-order valence-corrected chi connectivity index (χ3v) is 3.71. The monoisotopic (exact) mass is 307 g/mol. The standard InChI is InChI=1S/C14H18BrN3/c1-9(2)16-14-17-11(4)8-18(14)12-7-5-6-10(3)13(12)15/h5-9H,1-4H3,(H,16,17). The second kappa shape index (κ2) is 5.14. The van der Waals surface area contributed by atoms with Crippen molar-refractivity contribution in [1.82, 2.24) is 9.55 Å². The quantitative estimate of drug-likeness (QED) is 0.926. The minimum atomic E-state index is 0.356. The molecule has 0 saturated heterocycles. The van der Waals surface area contributed by atoms with Gasteiger partial charge in [-0.2, -0.15) is 0 Å². The van der Waals surface area contributed by atoms with E-state index in [1.54, 1.807) is 0 Å². The Balaban J connectivity index is 2.53. The summed E-state index contributed by atoms with van der Waals surface area (Å²) in [7, 11) is 0. The fourth-order valence-electron chi connectivity index (χ4n) is 1.86. The molecule has 0 fully saturated rings. The molecule has 1 aromatic carbocycles. The van der Waals surface area contributed by atoms with E-state index in [1.165, 1.54) is 5.56 Å². The van der Waals surface area contributed by atoms with Crippen LogP contribution in [0, 0.1) is 13.8 Å². The number of halogens is 1. The van der Waals surface area contributed by atoms with E-state index in [4.69, 9.17) is 0 Å². The highest BCUT2D eigenvalue weighted by molar-refractivity contribution is 9.10. The van der Waals surface area contributed by atoms with Gasteiger partial charge in [0.2, 0.25) is 5.95 Å². The second-order valence-corrected chi connectivity index (χ2v) is 5.58. The molecule has 1 heterocycles. The van der Waals surface area contributed by atoms with Crippen molar-refractivity contribution in [2.75, 3.05) is 5.32 Å². The van der Waals surface area contributed by atoms with Crippen LogP contribution < -0.4 is 5.32 Å². The number of hydrogen-bond donors (Lipinski definition) is 1. The van der Waals surface area contributed by atoms with Gasteiger partial charge in [-0.3, -0.25) is 4.57 Å². The van der Waals surface area contributed by atoms with Crippen molar-refractivity contribution >= 4 is 21.9 Å². The zero-order valence-corrected chi connectivity index (χ0v) is 12.7. The number of aromatic nitrogens is 2. The molecule has 0 unspecified atom stereocenters. The van der Waals surface area contributed by atoms with Gasteiger partial charge < -0.3 is 5.32 Å². The lowest BCUT2D eigenvalue weighted by atomic mass is 10.2. The molecule has 3 nitrogen and oxygen atoms in total. The Labute approximate surface area is 116 Å². The topological polar surface area (TPSA) is 29.9 Å². The van der Waals surface area contributed by atoms with Crippen molar-refractivity contribution < 1.29 is 0 Å². The maximum atomic E-state index is 4.53. The Morgan fingerprint density at radius 3 is 2.67 bits per heavy atom. The highest BCUT2D eigenvalue weighted by Gasteiger charge is 2.11. The van der Waals surface area contributed by atoms with E-state index in [2.05, 4.69) is 69.8 Å². The van der Waals surface area contributed by atoms with Crippen LogP contribution in [0.3, 0.4) is 0 Å². The van der Waals surface area contributed by atoms with Crippen molar-refractivity contribution in [1.29, 1.82) is 0 Å². The molecule has 0 bridgehead atoms. The molecule has 18 heavy (non-hydrogen) atoms. The number of imidazole rings is 1. The fraction of sp³-hybridized carbons (Fsp3) is 0.357. The van der Waals surface area contributed by atoms with E-state index in [0.29, 0.717) is 6.04 Å². The zero-order chi connectivity index (χ0) is 13.3. The van der Waals surface area contributed by atoms with E-state index in [0.717, 1.165) is 21.8 Å². The summed E-state index contributed by atoms with van der Waals surface area (Å²) in [5.41, 5.74) is 3.33. The van der Waals surface area contributed by atoms with Crippen LogP contribution in [0.5, 0.6) is 0 Å². The Bertz CT molecular complexity index is 558. The number of nitrogens with zero attached hydrogens (tertiary/aromatic N) is 2. The molecule has 0 aliphatic heterocycles. The third kappa shape index (κ3) is 2.58. The molecular weight excluding hydrogens is 290 g/mol. The van der Waals surface area contributed by atoms with Crippen molar-refractivity contribution in [2.45, 2.75) is 33.7 Å². The molecule has 2 aromatic rings. The molecule has 1 aromatic heterocycles. The molecule has 96 valence electrons. The van der Waals surface area contributed by atoms with Crippen LogP contribution in [0.1, 0.15) is 25.1 Å². The Kier molecular flexibility index (Phi) is 3.76. The Morgan fingerprint density at radius 2 is 2.00 bits per heavy atom. The minimum absolute atomic E-state index is 0.356. The van der Waals surface area contributed by atoms with Gasteiger partial charge in [-0.15, -0.1) is 0 Å².